The Labute approximate surface area is 130 Å². The molecular formula is C18H32N2O. The first-order valence-electron chi connectivity index (χ1n) is 7.83. The van der Waals surface area contributed by atoms with E-state index in [4.69, 9.17) is 4.74 Å². The van der Waals surface area contributed by atoms with Crippen molar-refractivity contribution in [2.24, 2.45) is 5.41 Å². The van der Waals surface area contributed by atoms with E-state index in [1.165, 1.54) is 11.1 Å². The molecule has 0 saturated carbocycles. The molecule has 120 valence electrons. The highest BCUT2D eigenvalue weighted by atomic mass is 16.5. The van der Waals surface area contributed by atoms with Crippen LogP contribution in [0.5, 0.6) is 5.88 Å². The van der Waals surface area contributed by atoms with Crippen molar-refractivity contribution in [3.63, 3.8) is 0 Å². The highest BCUT2D eigenvalue weighted by molar-refractivity contribution is 5.36. The molecule has 0 aliphatic rings. The molecule has 0 bridgehead atoms. The van der Waals surface area contributed by atoms with Gasteiger partial charge in [-0.05, 0) is 58.1 Å². The van der Waals surface area contributed by atoms with Gasteiger partial charge in [0.25, 0.3) is 0 Å². The molecule has 3 heteroatoms. The Hall–Kier alpha value is -1.09. The number of aromatic nitrogens is 1. The molecular weight excluding hydrogens is 260 g/mol. The maximum absolute atomic E-state index is 5.99. The Morgan fingerprint density at radius 3 is 2.24 bits per heavy atom. The molecule has 0 aliphatic heterocycles. The van der Waals surface area contributed by atoms with E-state index in [2.05, 4.69) is 64.8 Å². The third-order valence-corrected chi connectivity index (χ3v) is 3.32. The van der Waals surface area contributed by atoms with Crippen LogP contribution in [0.15, 0.2) is 6.07 Å². The quantitative estimate of drug-likeness (QED) is 0.873. The third kappa shape index (κ3) is 6.94. The van der Waals surface area contributed by atoms with Crippen LogP contribution in [0.3, 0.4) is 0 Å². The van der Waals surface area contributed by atoms with Gasteiger partial charge in [-0.1, -0.05) is 20.8 Å². The molecule has 1 aromatic heterocycles. The van der Waals surface area contributed by atoms with Gasteiger partial charge >= 0.3 is 0 Å². The standard InChI is InChI=1S/C18H32N2O/c1-13-11-14(2)20-16(21-10-9-17(3,4)5)15(13)12-19-18(6,7)8/h11,19H,9-10,12H2,1-8H3. The van der Waals surface area contributed by atoms with Crippen LogP contribution in [0.4, 0.5) is 0 Å². The van der Waals surface area contributed by atoms with Crippen molar-refractivity contribution in [3.8, 4) is 5.88 Å². The van der Waals surface area contributed by atoms with E-state index < -0.39 is 0 Å². The number of nitrogens with zero attached hydrogens (tertiary/aromatic N) is 1. The minimum absolute atomic E-state index is 0.0833. The number of aryl methyl sites for hydroxylation is 2. The largest absolute Gasteiger partial charge is 0.477 e. The number of pyridine rings is 1. The second kappa shape index (κ2) is 6.78. The fraction of sp³-hybridized carbons (Fsp3) is 0.722. The third-order valence-electron chi connectivity index (χ3n) is 3.32. The van der Waals surface area contributed by atoms with Gasteiger partial charge < -0.3 is 10.1 Å². The van der Waals surface area contributed by atoms with Crippen molar-refractivity contribution in [2.75, 3.05) is 6.61 Å². The minimum Gasteiger partial charge on any atom is -0.477 e. The monoisotopic (exact) mass is 292 g/mol. The normalized spacial score (nSPS) is 12.6. The first-order chi connectivity index (χ1) is 9.48. The molecule has 1 heterocycles. The second-order valence-electron chi connectivity index (χ2n) is 8.13. The van der Waals surface area contributed by atoms with Crippen LogP contribution in [0.2, 0.25) is 0 Å². The predicted molar refractivity (Wildman–Crippen MR) is 89.9 cm³/mol. The molecule has 1 aromatic rings. The van der Waals surface area contributed by atoms with Gasteiger partial charge in [0.15, 0.2) is 0 Å². The van der Waals surface area contributed by atoms with Crippen LogP contribution in [0, 0.1) is 19.3 Å². The molecule has 3 nitrogen and oxygen atoms in total. The summed E-state index contributed by atoms with van der Waals surface area (Å²) in [6.07, 6.45) is 1.02. The molecule has 0 atom stereocenters. The Kier molecular flexibility index (Phi) is 5.80. The summed E-state index contributed by atoms with van der Waals surface area (Å²) in [7, 11) is 0. The zero-order chi connectivity index (χ0) is 16.3. The summed E-state index contributed by atoms with van der Waals surface area (Å²) in [6.45, 7) is 18.8. The Morgan fingerprint density at radius 1 is 1.10 bits per heavy atom. The molecule has 21 heavy (non-hydrogen) atoms. The van der Waals surface area contributed by atoms with Crippen LogP contribution in [-0.4, -0.2) is 17.1 Å². The Balaban J connectivity index is 2.85. The summed E-state index contributed by atoms with van der Waals surface area (Å²) in [6, 6.07) is 2.12. The lowest BCUT2D eigenvalue weighted by Gasteiger charge is -2.23. The number of rotatable bonds is 5. The summed E-state index contributed by atoms with van der Waals surface area (Å²) < 4.78 is 5.99. The van der Waals surface area contributed by atoms with Gasteiger partial charge in [-0.25, -0.2) is 4.98 Å². The molecule has 0 aromatic carbocycles. The molecule has 0 amide bonds. The maximum Gasteiger partial charge on any atom is 0.218 e. The van der Waals surface area contributed by atoms with Gasteiger partial charge in [0, 0.05) is 23.3 Å². The number of hydrogen-bond donors (Lipinski definition) is 1. The Morgan fingerprint density at radius 2 is 1.71 bits per heavy atom. The van der Waals surface area contributed by atoms with Gasteiger partial charge in [-0.2, -0.15) is 0 Å². The average molecular weight is 292 g/mol. The summed E-state index contributed by atoms with van der Waals surface area (Å²) >= 11 is 0. The highest BCUT2D eigenvalue weighted by Crippen LogP contribution is 2.24. The van der Waals surface area contributed by atoms with Gasteiger partial charge in [0.2, 0.25) is 5.88 Å². The predicted octanol–water partition coefficient (Wildman–Crippen LogP) is 4.40. The van der Waals surface area contributed by atoms with Gasteiger partial charge in [-0.3, -0.25) is 0 Å². The van der Waals surface area contributed by atoms with Crippen molar-refractivity contribution in [1.29, 1.82) is 0 Å². The first-order valence-corrected chi connectivity index (χ1v) is 7.83. The van der Waals surface area contributed by atoms with E-state index in [9.17, 15) is 0 Å². The summed E-state index contributed by atoms with van der Waals surface area (Å²) in [5.74, 6) is 0.786. The number of hydrogen-bond acceptors (Lipinski definition) is 3. The molecule has 1 N–H and O–H groups in total. The number of nitrogens with one attached hydrogen (secondary N) is 1. The van der Waals surface area contributed by atoms with E-state index in [-0.39, 0.29) is 11.0 Å². The second-order valence-corrected chi connectivity index (χ2v) is 8.13. The van der Waals surface area contributed by atoms with Crippen molar-refractivity contribution < 1.29 is 4.74 Å². The van der Waals surface area contributed by atoms with Crippen molar-refractivity contribution in [3.05, 3.63) is 22.9 Å². The lowest BCUT2D eigenvalue weighted by Crippen LogP contribution is -2.35. The summed E-state index contributed by atoms with van der Waals surface area (Å²) in [4.78, 5) is 4.59. The van der Waals surface area contributed by atoms with Crippen LogP contribution in [-0.2, 0) is 6.54 Å². The van der Waals surface area contributed by atoms with E-state index in [0.29, 0.717) is 6.61 Å². The fourth-order valence-electron chi connectivity index (χ4n) is 1.97. The smallest absolute Gasteiger partial charge is 0.218 e. The highest BCUT2D eigenvalue weighted by Gasteiger charge is 2.16. The molecule has 0 radical (unpaired) electrons. The van der Waals surface area contributed by atoms with Crippen molar-refractivity contribution in [1.82, 2.24) is 10.3 Å². The van der Waals surface area contributed by atoms with Crippen LogP contribution < -0.4 is 10.1 Å². The topological polar surface area (TPSA) is 34.1 Å². The fourth-order valence-corrected chi connectivity index (χ4v) is 1.97. The maximum atomic E-state index is 5.99. The van der Waals surface area contributed by atoms with Crippen molar-refractivity contribution in [2.45, 2.75) is 73.9 Å². The summed E-state index contributed by atoms with van der Waals surface area (Å²) in [5, 5.41) is 3.53. The zero-order valence-corrected chi connectivity index (χ0v) is 15.1. The molecule has 1 rings (SSSR count). The molecule has 0 fully saturated rings. The van der Waals surface area contributed by atoms with Gasteiger partial charge in [0.05, 0.1) is 6.61 Å². The van der Waals surface area contributed by atoms with Gasteiger partial charge in [0.1, 0.15) is 0 Å². The summed E-state index contributed by atoms with van der Waals surface area (Å²) in [5.41, 5.74) is 3.79. The van der Waals surface area contributed by atoms with E-state index in [1.807, 2.05) is 6.92 Å². The van der Waals surface area contributed by atoms with E-state index >= 15 is 0 Å². The zero-order valence-electron chi connectivity index (χ0n) is 15.1. The molecule has 0 aliphatic carbocycles. The average Bonchev–Trinajstić information content (AvgIpc) is 2.24. The lowest BCUT2D eigenvalue weighted by atomic mass is 9.93. The van der Waals surface area contributed by atoms with Crippen LogP contribution in [0.25, 0.3) is 0 Å². The lowest BCUT2D eigenvalue weighted by molar-refractivity contribution is 0.233. The van der Waals surface area contributed by atoms with Gasteiger partial charge in [-0.15, -0.1) is 0 Å². The first kappa shape index (κ1) is 18.0. The van der Waals surface area contributed by atoms with E-state index in [1.54, 1.807) is 0 Å². The molecule has 0 saturated heterocycles. The van der Waals surface area contributed by atoms with Crippen LogP contribution >= 0.6 is 0 Å². The minimum atomic E-state index is 0.0833. The SMILES string of the molecule is Cc1cc(C)c(CNC(C)(C)C)c(OCCC(C)(C)C)n1. The number of ether oxygens (including phenoxy) is 1. The van der Waals surface area contributed by atoms with Crippen molar-refractivity contribution >= 4 is 0 Å². The van der Waals surface area contributed by atoms with E-state index in [0.717, 1.165) is 24.5 Å². The molecule has 0 spiro atoms. The Bertz CT molecular complexity index is 467. The van der Waals surface area contributed by atoms with Crippen LogP contribution in [0.1, 0.15) is 64.8 Å². The molecule has 0 unspecified atom stereocenters.